The Morgan fingerprint density at radius 2 is 2.05 bits per heavy atom. The Balaban J connectivity index is 1.93. The van der Waals surface area contributed by atoms with Crippen molar-refractivity contribution in [1.82, 2.24) is 5.32 Å². The number of ether oxygens (including phenoxy) is 2. The van der Waals surface area contributed by atoms with Crippen LogP contribution in [0.3, 0.4) is 0 Å². The zero-order valence-corrected chi connectivity index (χ0v) is 12.0. The third kappa shape index (κ3) is 3.53. The summed E-state index contributed by atoms with van der Waals surface area (Å²) in [7, 11) is 3.21. The van der Waals surface area contributed by atoms with Gasteiger partial charge in [0, 0.05) is 12.5 Å². The molecule has 1 aromatic rings. The van der Waals surface area contributed by atoms with E-state index in [0.29, 0.717) is 18.0 Å². The number of nitrogens with one attached hydrogen (secondary N) is 1. The molecule has 0 saturated heterocycles. The molecule has 1 atom stereocenters. The normalized spacial score (nSPS) is 17.6. The van der Waals surface area contributed by atoms with Gasteiger partial charge in [-0.25, -0.2) is 0 Å². The average molecular weight is 275 g/mol. The lowest BCUT2D eigenvalue weighted by atomic mass is 9.93. The summed E-state index contributed by atoms with van der Waals surface area (Å²) in [5, 5.41) is 2.99. The van der Waals surface area contributed by atoms with Crippen LogP contribution in [-0.2, 0) is 11.3 Å². The van der Waals surface area contributed by atoms with Gasteiger partial charge in [-0.1, -0.05) is 18.2 Å². The molecule has 1 N–H and O–H groups in total. The number of benzene rings is 1. The van der Waals surface area contributed by atoms with Crippen molar-refractivity contribution in [1.29, 1.82) is 0 Å². The van der Waals surface area contributed by atoms with Crippen LogP contribution in [0.2, 0.25) is 0 Å². The second kappa shape index (κ2) is 6.98. The van der Waals surface area contributed by atoms with Gasteiger partial charge < -0.3 is 14.8 Å². The first-order valence-electron chi connectivity index (χ1n) is 6.88. The molecule has 0 bridgehead atoms. The summed E-state index contributed by atoms with van der Waals surface area (Å²) in [6.45, 7) is 0.513. The zero-order chi connectivity index (χ0) is 14.4. The number of carbonyl (C=O) groups is 1. The first-order chi connectivity index (χ1) is 9.74. The lowest BCUT2D eigenvalue weighted by Crippen LogP contribution is -2.30. The van der Waals surface area contributed by atoms with Crippen LogP contribution in [0.1, 0.15) is 24.8 Å². The summed E-state index contributed by atoms with van der Waals surface area (Å²) in [6.07, 6.45) is 7.00. The fraction of sp³-hybridized carbons (Fsp3) is 0.438. The van der Waals surface area contributed by atoms with E-state index in [1.54, 1.807) is 14.2 Å². The zero-order valence-electron chi connectivity index (χ0n) is 12.0. The summed E-state index contributed by atoms with van der Waals surface area (Å²) in [5.41, 5.74) is 1.00. The van der Waals surface area contributed by atoms with Gasteiger partial charge in [-0.15, -0.1) is 0 Å². The molecule has 20 heavy (non-hydrogen) atoms. The molecule has 0 radical (unpaired) electrons. The Morgan fingerprint density at radius 1 is 1.25 bits per heavy atom. The highest BCUT2D eigenvalue weighted by Crippen LogP contribution is 2.27. The van der Waals surface area contributed by atoms with E-state index in [2.05, 4.69) is 17.5 Å². The summed E-state index contributed by atoms with van der Waals surface area (Å²) in [6, 6.07) is 5.67. The standard InChI is InChI=1S/C16H21NO3/c1-19-14-9-8-12(10-15(14)20-2)11-17-16(18)13-6-4-3-5-7-13/h3-4,8-10,13H,5-7,11H2,1-2H3,(H,17,18). The molecule has 1 aliphatic rings. The van der Waals surface area contributed by atoms with Crippen LogP contribution in [0.25, 0.3) is 0 Å². The highest BCUT2D eigenvalue weighted by Gasteiger charge is 2.18. The quantitative estimate of drug-likeness (QED) is 0.840. The fourth-order valence-corrected chi connectivity index (χ4v) is 2.36. The van der Waals surface area contributed by atoms with E-state index < -0.39 is 0 Å². The molecule has 0 aromatic heterocycles. The summed E-state index contributed by atoms with van der Waals surface area (Å²) >= 11 is 0. The third-order valence-corrected chi connectivity index (χ3v) is 3.55. The average Bonchev–Trinajstić information content (AvgIpc) is 2.53. The van der Waals surface area contributed by atoms with Crippen LogP contribution in [0, 0.1) is 5.92 Å². The molecule has 0 saturated carbocycles. The molecule has 0 aliphatic heterocycles. The van der Waals surface area contributed by atoms with E-state index >= 15 is 0 Å². The van der Waals surface area contributed by atoms with Gasteiger partial charge in [0.2, 0.25) is 5.91 Å². The van der Waals surface area contributed by atoms with E-state index in [4.69, 9.17) is 9.47 Å². The third-order valence-electron chi connectivity index (χ3n) is 3.55. The molecular formula is C16H21NO3. The van der Waals surface area contributed by atoms with Crippen LogP contribution >= 0.6 is 0 Å². The first-order valence-corrected chi connectivity index (χ1v) is 6.88. The lowest BCUT2D eigenvalue weighted by Gasteiger charge is -2.17. The number of hydrogen-bond acceptors (Lipinski definition) is 3. The van der Waals surface area contributed by atoms with Crippen molar-refractivity contribution >= 4 is 5.91 Å². The highest BCUT2D eigenvalue weighted by atomic mass is 16.5. The van der Waals surface area contributed by atoms with Gasteiger partial charge in [0.15, 0.2) is 11.5 Å². The SMILES string of the molecule is COc1ccc(CNC(=O)C2CC=CCC2)cc1OC. The van der Waals surface area contributed by atoms with E-state index in [-0.39, 0.29) is 11.8 Å². The smallest absolute Gasteiger partial charge is 0.223 e. The molecular weight excluding hydrogens is 254 g/mol. The molecule has 2 rings (SSSR count). The molecule has 0 spiro atoms. The maximum Gasteiger partial charge on any atom is 0.223 e. The first kappa shape index (κ1) is 14.4. The Bertz CT molecular complexity index is 496. The Kier molecular flexibility index (Phi) is 5.04. The van der Waals surface area contributed by atoms with Gasteiger partial charge in [0.05, 0.1) is 14.2 Å². The maximum atomic E-state index is 12.0. The fourth-order valence-electron chi connectivity index (χ4n) is 2.36. The minimum Gasteiger partial charge on any atom is -0.493 e. The van der Waals surface area contributed by atoms with E-state index in [1.807, 2.05) is 18.2 Å². The van der Waals surface area contributed by atoms with Gasteiger partial charge in [-0.2, -0.15) is 0 Å². The molecule has 0 heterocycles. The number of methoxy groups -OCH3 is 2. The van der Waals surface area contributed by atoms with Crippen LogP contribution in [0.4, 0.5) is 0 Å². The second-order valence-electron chi connectivity index (χ2n) is 4.89. The van der Waals surface area contributed by atoms with Crippen LogP contribution in [0.5, 0.6) is 11.5 Å². The molecule has 0 fully saturated rings. The number of allylic oxidation sites excluding steroid dienone is 2. The monoisotopic (exact) mass is 275 g/mol. The topological polar surface area (TPSA) is 47.6 Å². The van der Waals surface area contributed by atoms with Gasteiger partial charge in [-0.05, 0) is 37.0 Å². The molecule has 4 heteroatoms. The Labute approximate surface area is 119 Å². The van der Waals surface area contributed by atoms with Crippen LogP contribution in [-0.4, -0.2) is 20.1 Å². The molecule has 1 amide bonds. The van der Waals surface area contributed by atoms with E-state index in [9.17, 15) is 4.79 Å². The molecule has 108 valence electrons. The van der Waals surface area contributed by atoms with Crippen molar-refractivity contribution < 1.29 is 14.3 Å². The van der Waals surface area contributed by atoms with Crippen molar-refractivity contribution in [3.05, 3.63) is 35.9 Å². The second-order valence-corrected chi connectivity index (χ2v) is 4.89. The maximum absolute atomic E-state index is 12.0. The van der Waals surface area contributed by atoms with Crippen molar-refractivity contribution in [2.45, 2.75) is 25.8 Å². The molecule has 1 unspecified atom stereocenters. The van der Waals surface area contributed by atoms with Gasteiger partial charge >= 0.3 is 0 Å². The van der Waals surface area contributed by atoms with Crippen molar-refractivity contribution in [3.63, 3.8) is 0 Å². The summed E-state index contributed by atoms with van der Waals surface area (Å²) < 4.78 is 10.4. The highest BCUT2D eigenvalue weighted by molar-refractivity contribution is 5.79. The van der Waals surface area contributed by atoms with Crippen molar-refractivity contribution in [2.75, 3.05) is 14.2 Å². The van der Waals surface area contributed by atoms with Gasteiger partial charge in [0.1, 0.15) is 0 Å². The molecule has 1 aromatic carbocycles. The molecule has 1 aliphatic carbocycles. The lowest BCUT2D eigenvalue weighted by molar-refractivity contribution is -0.125. The Hall–Kier alpha value is -1.97. The summed E-state index contributed by atoms with van der Waals surface area (Å²) in [4.78, 5) is 12.0. The number of rotatable bonds is 5. The van der Waals surface area contributed by atoms with E-state index in [1.165, 1.54) is 0 Å². The predicted octanol–water partition coefficient (Wildman–Crippen LogP) is 2.68. The number of amides is 1. The van der Waals surface area contributed by atoms with Crippen LogP contribution in [0.15, 0.2) is 30.4 Å². The van der Waals surface area contributed by atoms with E-state index in [0.717, 1.165) is 24.8 Å². The number of hydrogen-bond donors (Lipinski definition) is 1. The number of carbonyl (C=O) groups excluding carboxylic acids is 1. The Morgan fingerprint density at radius 3 is 2.70 bits per heavy atom. The minimum absolute atomic E-state index is 0.111. The van der Waals surface area contributed by atoms with Crippen LogP contribution < -0.4 is 14.8 Å². The van der Waals surface area contributed by atoms with Gasteiger partial charge in [0.25, 0.3) is 0 Å². The largest absolute Gasteiger partial charge is 0.493 e. The minimum atomic E-state index is 0.111. The summed E-state index contributed by atoms with van der Waals surface area (Å²) in [5.74, 6) is 1.61. The van der Waals surface area contributed by atoms with Crippen molar-refractivity contribution in [3.8, 4) is 11.5 Å². The van der Waals surface area contributed by atoms with Crippen molar-refractivity contribution in [2.24, 2.45) is 5.92 Å². The van der Waals surface area contributed by atoms with Gasteiger partial charge in [-0.3, -0.25) is 4.79 Å². The molecule has 4 nitrogen and oxygen atoms in total. The predicted molar refractivity (Wildman–Crippen MR) is 77.9 cm³/mol.